The smallest absolute Gasteiger partial charge is 0.161 e. The molecule has 1 aromatic carbocycles. The average Bonchev–Trinajstić information content (AvgIpc) is 2.44. The highest BCUT2D eigenvalue weighted by Crippen LogP contribution is 2.30. The summed E-state index contributed by atoms with van der Waals surface area (Å²) in [5, 5.41) is 10.1. The predicted octanol–water partition coefficient (Wildman–Crippen LogP) is 1.95. The van der Waals surface area contributed by atoms with E-state index < -0.39 is 0 Å². The van der Waals surface area contributed by atoms with E-state index in [1.54, 1.807) is 7.11 Å². The molecule has 20 heavy (non-hydrogen) atoms. The van der Waals surface area contributed by atoms with Crippen LogP contribution in [0, 0.1) is 5.92 Å². The van der Waals surface area contributed by atoms with E-state index in [9.17, 15) is 5.11 Å². The van der Waals surface area contributed by atoms with Crippen molar-refractivity contribution in [1.29, 1.82) is 0 Å². The Morgan fingerprint density at radius 3 is 2.85 bits per heavy atom. The van der Waals surface area contributed by atoms with Gasteiger partial charge in [-0.15, -0.1) is 0 Å². The number of ether oxygens (including phenoxy) is 2. The number of hydrogen-bond donors (Lipinski definition) is 1. The zero-order valence-electron chi connectivity index (χ0n) is 12.6. The van der Waals surface area contributed by atoms with E-state index in [1.807, 2.05) is 19.1 Å². The van der Waals surface area contributed by atoms with Gasteiger partial charge in [-0.25, -0.2) is 0 Å². The highest BCUT2D eigenvalue weighted by molar-refractivity contribution is 5.43. The van der Waals surface area contributed by atoms with Gasteiger partial charge in [-0.05, 0) is 44.5 Å². The van der Waals surface area contributed by atoms with Crippen molar-refractivity contribution < 1.29 is 14.6 Å². The van der Waals surface area contributed by atoms with Crippen molar-refractivity contribution in [3.8, 4) is 11.5 Å². The molecule has 112 valence electrons. The molecule has 0 bridgehead atoms. The van der Waals surface area contributed by atoms with Gasteiger partial charge in [-0.2, -0.15) is 0 Å². The number of likely N-dealkylation sites (tertiary alicyclic amines) is 1. The van der Waals surface area contributed by atoms with Crippen LogP contribution in [-0.4, -0.2) is 50.0 Å². The van der Waals surface area contributed by atoms with E-state index >= 15 is 0 Å². The molecule has 1 aliphatic heterocycles. The molecule has 0 radical (unpaired) electrons. The Labute approximate surface area is 121 Å². The maximum Gasteiger partial charge on any atom is 0.161 e. The lowest BCUT2D eigenvalue weighted by Crippen LogP contribution is -2.41. The first kappa shape index (κ1) is 15.1. The molecule has 1 heterocycles. The Balaban J connectivity index is 2.08. The van der Waals surface area contributed by atoms with Crippen LogP contribution in [0.15, 0.2) is 18.2 Å². The summed E-state index contributed by atoms with van der Waals surface area (Å²) in [7, 11) is 3.77. The van der Waals surface area contributed by atoms with Crippen LogP contribution >= 0.6 is 0 Å². The summed E-state index contributed by atoms with van der Waals surface area (Å²) in [6, 6.07) is 6.04. The third-order valence-electron chi connectivity index (χ3n) is 3.92. The Hall–Kier alpha value is -1.26. The van der Waals surface area contributed by atoms with Gasteiger partial charge in [0.2, 0.25) is 0 Å². The van der Waals surface area contributed by atoms with Crippen molar-refractivity contribution in [3.05, 3.63) is 23.8 Å². The normalized spacial score (nSPS) is 23.6. The number of aliphatic hydroxyl groups excluding tert-OH is 1. The van der Waals surface area contributed by atoms with Gasteiger partial charge in [0.05, 0.1) is 19.8 Å². The van der Waals surface area contributed by atoms with Crippen molar-refractivity contribution in [2.24, 2.45) is 5.92 Å². The van der Waals surface area contributed by atoms with Crippen molar-refractivity contribution in [2.45, 2.75) is 25.9 Å². The van der Waals surface area contributed by atoms with Gasteiger partial charge in [0.25, 0.3) is 0 Å². The number of nitrogens with zero attached hydrogens (tertiary/aromatic N) is 1. The zero-order valence-corrected chi connectivity index (χ0v) is 12.6. The zero-order chi connectivity index (χ0) is 14.5. The van der Waals surface area contributed by atoms with E-state index in [2.05, 4.69) is 18.0 Å². The lowest BCUT2D eigenvalue weighted by atomic mass is 9.89. The second-order valence-electron chi connectivity index (χ2n) is 5.50. The van der Waals surface area contributed by atoms with Crippen LogP contribution in [0.2, 0.25) is 0 Å². The largest absolute Gasteiger partial charge is 0.493 e. The van der Waals surface area contributed by atoms with Gasteiger partial charge in [0.15, 0.2) is 11.5 Å². The van der Waals surface area contributed by atoms with Crippen LogP contribution in [0.3, 0.4) is 0 Å². The third kappa shape index (κ3) is 3.64. The molecule has 1 aliphatic rings. The van der Waals surface area contributed by atoms with E-state index in [4.69, 9.17) is 9.47 Å². The molecular weight excluding hydrogens is 254 g/mol. The molecule has 1 fully saturated rings. The molecule has 0 amide bonds. The molecule has 0 spiro atoms. The Bertz CT molecular complexity index is 436. The monoisotopic (exact) mass is 279 g/mol. The highest BCUT2D eigenvalue weighted by atomic mass is 16.5. The summed E-state index contributed by atoms with van der Waals surface area (Å²) < 4.78 is 10.9. The number of benzene rings is 1. The fraction of sp³-hybridized carbons (Fsp3) is 0.625. The molecule has 4 nitrogen and oxygen atoms in total. The van der Waals surface area contributed by atoms with Crippen LogP contribution in [0.5, 0.6) is 11.5 Å². The first-order valence-electron chi connectivity index (χ1n) is 7.30. The summed E-state index contributed by atoms with van der Waals surface area (Å²) >= 11 is 0. The lowest BCUT2D eigenvalue weighted by Gasteiger charge is -2.34. The quantitative estimate of drug-likeness (QED) is 0.894. The maximum atomic E-state index is 10.1. The second-order valence-corrected chi connectivity index (χ2v) is 5.50. The van der Waals surface area contributed by atoms with Crippen molar-refractivity contribution in [3.63, 3.8) is 0 Å². The molecule has 4 heteroatoms. The van der Waals surface area contributed by atoms with Crippen molar-refractivity contribution >= 4 is 0 Å². The van der Waals surface area contributed by atoms with E-state index in [1.165, 1.54) is 5.56 Å². The van der Waals surface area contributed by atoms with Gasteiger partial charge in [-0.3, -0.25) is 0 Å². The number of rotatable bonds is 5. The minimum atomic E-state index is -0.205. The SMILES string of the molecule is CCOc1ccc(CC2CN(C)CCC2O)cc1OC. The molecule has 1 saturated heterocycles. The van der Waals surface area contributed by atoms with Gasteiger partial charge in [0.1, 0.15) is 0 Å². The van der Waals surface area contributed by atoms with Crippen LogP contribution in [0.25, 0.3) is 0 Å². The number of aliphatic hydroxyl groups is 1. The molecule has 2 rings (SSSR count). The summed E-state index contributed by atoms with van der Waals surface area (Å²) in [6.45, 7) is 4.50. The summed E-state index contributed by atoms with van der Waals surface area (Å²) in [4.78, 5) is 2.28. The molecule has 2 unspecified atom stereocenters. The Morgan fingerprint density at radius 2 is 2.15 bits per heavy atom. The first-order chi connectivity index (χ1) is 9.63. The van der Waals surface area contributed by atoms with Crippen LogP contribution in [-0.2, 0) is 6.42 Å². The van der Waals surface area contributed by atoms with E-state index in [0.29, 0.717) is 6.61 Å². The lowest BCUT2D eigenvalue weighted by molar-refractivity contribution is 0.0366. The van der Waals surface area contributed by atoms with E-state index in [-0.39, 0.29) is 12.0 Å². The summed E-state index contributed by atoms with van der Waals surface area (Å²) in [5.74, 6) is 1.83. The molecule has 2 atom stereocenters. The third-order valence-corrected chi connectivity index (χ3v) is 3.92. The molecule has 1 aromatic rings. The van der Waals surface area contributed by atoms with Crippen molar-refractivity contribution in [2.75, 3.05) is 33.9 Å². The molecule has 0 saturated carbocycles. The highest BCUT2D eigenvalue weighted by Gasteiger charge is 2.26. The second kappa shape index (κ2) is 6.95. The predicted molar refractivity (Wildman–Crippen MR) is 79.5 cm³/mol. The Kier molecular flexibility index (Phi) is 5.26. The van der Waals surface area contributed by atoms with Crippen LogP contribution in [0.4, 0.5) is 0 Å². The molecular formula is C16H25NO3. The number of methoxy groups -OCH3 is 1. The topological polar surface area (TPSA) is 41.9 Å². The maximum absolute atomic E-state index is 10.1. The van der Waals surface area contributed by atoms with Crippen LogP contribution in [0.1, 0.15) is 18.9 Å². The number of piperidine rings is 1. The molecule has 0 aliphatic carbocycles. The van der Waals surface area contributed by atoms with Gasteiger partial charge in [0, 0.05) is 19.0 Å². The van der Waals surface area contributed by atoms with Gasteiger partial charge < -0.3 is 19.5 Å². The molecule has 0 aromatic heterocycles. The fourth-order valence-corrected chi connectivity index (χ4v) is 2.82. The summed E-state index contributed by atoms with van der Waals surface area (Å²) in [6.07, 6.45) is 1.52. The molecule has 1 N–H and O–H groups in total. The minimum absolute atomic E-state index is 0.205. The van der Waals surface area contributed by atoms with Gasteiger partial charge >= 0.3 is 0 Å². The summed E-state index contributed by atoms with van der Waals surface area (Å²) in [5.41, 5.74) is 1.18. The fourth-order valence-electron chi connectivity index (χ4n) is 2.82. The average molecular weight is 279 g/mol. The first-order valence-corrected chi connectivity index (χ1v) is 7.30. The Morgan fingerprint density at radius 1 is 1.35 bits per heavy atom. The standard InChI is InChI=1S/C16H25NO3/c1-4-20-15-6-5-12(10-16(15)19-3)9-13-11-17(2)8-7-14(13)18/h5-6,10,13-14,18H,4,7-9,11H2,1-3H3. The number of hydrogen-bond acceptors (Lipinski definition) is 4. The van der Waals surface area contributed by atoms with E-state index in [0.717, 1.165) is 37.4 Å². The van der Waals surface area contributed by atoms with Gasteiger partial charge in [-0.1, -0.05) is 6.07 Å². The van der Waals surface area contributed by atoms with Crippen LogP contribution < -0.4 is 9.47 Å². The van der Waals surface area contributed by atoms with Crippen molar-refractivity contribution in [1.82, 2.24) is 4.90 Å². The minimum Gasteiger partial charge on any atom is -0.493 e.